The largest absolute Gasteiger partial charge is 0.482 e. The molecule has 2 aromatic carbocycles. The zero-order chi connectivity index (χ0) is 19.2. The Balaban J connectivity index is 1.46. The van der Waals surface area contributed by atoms with Crippen LogP contribution in [-0.4, -0.2) is 37.5 Å². The SMILES string of the molecule is O=C(COC(=O)CCN1C(=O)COc2ccccc21)Nc1ccc(I)cc1. The molecule has 0 spiro atoms. The number of nitrogens with one attached hydrogen (secondary N) is 1. The Kier molecular flexibility index (Phi) is 6.28. The Morgan fingerprint density at radius 3 is 2.67 bits per heavy atom. The molecule has 7 nitrogen and oxygen atoms in total. The minimum absolute atomic E-state index is 0.0170. The van der Waals surface area contributed by atoms with Crippen molar-refractivity contribution < 1.29 is 23.9 Å². The Labute approximate surface area is 169 Å². The van der Waals surface area contributed by atoms with Gasteiger partial charge in [0.1, 0.15) is 5.75 Å². The number of carbonyl (C=O) groups is 3. The van der Waals surface area contributed by atoms with Crippen molar-refractivity contribution in [1.29, 1.82) is 0 Å². The van der Waals surface area contributed by atoms with E-state index in [-0.39, 0.29) is 32.1 Å². The van der Waals surface area contributed by atoms with E-state index in [1.54, 1.807) is 30.3 Å². The van der Waals surface area contributed by atoms with Gasteiger partial charge in [-0.1, -0.05) is 12.1 Å². The van der Waals surface area contributed by atoms with Crippen molar-refractivity contribution in [2.75, 3.05) is 30.0 Å². The van der Waals surface area contributed by atoms with E-state index in [0.717, 1.165) is 3.57 Å². The number of fused-ring (bicyclic) bond motifs is 1. The molecule has 0 radical (unpaired) electrons. The van der Waals surface area contributed by atoms with E-state index in [1.807, 2.05) is 18.2 Å². The van der Waals surface area contributed by atoms with E-state index in [0.29, 0.717) is 17.1 Å². The number of para-hydroxylation sites is 2. The number of amides is 2. The van der Waals surface area contributed by atoms with Gasteiger partial charge in [0.2, 0.25) is 0 Å². The molecule has 0 aliphatic carbocycles. The first-order chi connectivity index (χ1) is 13.0. The van der Waals surface area contributed by atoms with Crippen LogP contribution in [0.5, 0.6) is 5.75 Å². The third-order valence-corrected chi connectivity index (χ3v) is 4.56. The summed E-state index contributed by atoms with van der Waals surface area (Å²) in [7, 11) is 0. The number of rotatable bonds is 6. The first kappa shape index (κ1) is 19.2. The predicted molar refractivity (Wildman–Crippen MR) is 108 cm³/mol. The number of carbonyl (C=O) groups excluding carboxylic acids is 3. The van der Waals surface area contributed by atoms with Gasteiger partial charge in [-0.05, 0) is 59.0 Å². The van der Waals surface area contributed by atoms with Crippen molar-refractivity contribution in [3.63, 3.8) is 0 Å². The molecule has 0 saturated carbocycles. The zero-order valence-corrected chi connectivity index (χ0v) is 16.5. The standard InChI is InChI=1S/C19H17IN2O5/c20-13-5-7-14(8-6-13)21-17(23)11-27-19(25)9-10-22-15-3-1-2-4-16(15)26-12-18(22)24/h1-8H,9-12H2,(H,21,23). The smallest absolute Gasteiger partial charge is 0.308 e. The van der Waals surface area contributed by atoms with Crippen LogP contribution in [0.1, 0.15) is 6.42 Å². The highest BCUT2D eigenvalue weighted by molar-refractivity contribution is 14.1. The molecule has 0 aromatic heterocycles. The van der Waals surface area contributed by atoms with E-state index >= 15 is 0 Å². The molecule has 8 heteroatoms. The van der Waals surface area contributed by atoms with Gasteiger partial charge in [0.05, 0.1) is 12.1 Å². The van der Waals surface area contributed by atoms with Crippen LogP contribution in [0.2, 0.25) is 0 Å². The van der Waals surface area contributed by atoms with Crippen LogP contribution in [0.25, 0.3) is 0 Å². The molecule has 1 aliphatic rings. The maximum Gasteiger partial charge on any atom is 0.308 e. The lowest BCUT2D eigenvalue weighted by Gasteiger charge is -2.28. The fraction of sp³-hybridized carbons (Fsp3) is 0.211. The second-order valence-corrected chi connectivity index (χ2v) is 7.01. The topological polar surface area (TPSA) is 84.9 Å². The molecule has 1 aliphatic heterocycles. The van der Waals surface area contributed by atoms with Crippen LogP contribution in [0.3, 0.4) is 0 Å². The Hall–Kier alpha value is -2.62. The van der Waals surface area contributed by atoms with Crippen LogP contribution < -0.4 is 15.0 Å². The molecule has 3 rings (SSSR count). The van der Waals surface area contributed by atoms with Gasteiger partial charge in [0.15, 0.2) is 13.2 Å². The molecule has 27 heavy (non-hydrogen) atoms. The molecular formula is C19H17IN2O5. The maximum atomic E-state index is 12.0. The highest BCUT2D eigenvalue weighted by Crippen LogP contribution is 2.31. The van der Waals surface area contributed by atoms with Crippen LogP contribution >= 0.6 is 22.6 Å². The van der Waals surface area contributed by atoms with E-state index in [4.69, 9.17) is 9.47 Å². The van der Waals surface area contributed by atoms with Gasteiger partial charge in [0, 0.05) is 15.8 Å². The van der Waals surface area contributed by atoms with E-state index < -0.39 is 11.9 Å². The highest BCUT2D eigenvalue weighted by atomic mass is 127. The van der Waals surface area contributed by atoms with Crippen LogP contribution in [0.15, 0.2) is 48.5 Å². The molecule has 2 amide bonds. The number of benzene rings is 2. The van der Waals surface area contributed by atoms with Crippen LogP contribution in [0.4, 0.5) is 11.4 Å². The van der Waals surface area contributed by atoms with Crippen molar-refractivity contribution in [2.45, 2.75) is 6.42 Å². The van der Waals surface area contributed by atoms with Crippen LogP contribution in [0, 0.1) is 3.57 Å². The van der Waals surface area contributed by atoms with E-state index in [1.165, 1.54) is 4.90 Å². The van der Waals surface area contributed by atoms with Crippen LogP contribution in [-0.2, 0) is 19.1 Å². The van der Waals surface area contributed by atoms with Gasteiger partial charge in [-0.15, -0.1) is 0 Å². The molecule has 1 heterocycles. The second kappa shape index (κ2) is 8.85. The Bertz CT molecular complexity index is 853. The molecule has 0 unspecified atom stereocenters. The van der Waals surface area contributed by atoms with Gasteiger partial charge >= 0.3 is 5.97 Å². The van der Waals surface area contributed by atoms with Gasteiger partial charge < -0.3 is 19.7 Å². The van der Waals surface area contributed by atoms with Gasteiger partial charge in [-0.25, -0.2) is 0 Å². The summed E-state index contributed by atoms with van der Waals surface area (Å²) in [5.74, 6) is -0.595. The summed E-state index contributed by atoms with van der Waals surface area (Å²) in [5, 5.41) is 2.65. The first-order valence-electron chi connectivity index (χ1n) is 8.26. The fourth-order valence-electron chi connectivity index (χ4n) is 2.55. The summed E-state index contributed by atoms with van der Waals surface area (Å²) in [6, 6.07) is 14.4. The maximum absolute atomic E-state index is 12.0. The summed E-state index contributed by atoms with van der Waals surface area (Å²) in [4.78, 5) is 37.3. The summed E-state index contributed by atoms with van der Waals surface area (Å²) < 4.78 is 11.4. The molecule has 2 aromatic rings. The lowest BCUT2D eigenvalue weighted by Crippen LogP contribution is -2.40. The Morgan fingerprint density at radius 1 is 1.15 bits per heavy atom. The third kappa shape index (κ3) is 5.19. The summed E-state index contributed by atoms with van der Waals surface area (Å²) in [6.07, 6.45) is -0.0170. The zero-order valence-electron chi connectivity index (χ0n) is 14.3. The first-order valence-corrected chi connectivity index (χ1v) is 9.34. The molecule has 0 bridgehead atoms. The van der Waals surface area contributed by atoms with Gasteiger partial charge in [0.25, 0.3) is 11.8 Å². The number of hydrogen-bond donors (Lipinski definition) is 1. The van der Waals surface area contributed by atoms with E-state index in [9.17, 15) is 14.4 Å². The fourth-order valence-corrected chi connectivity index (χ4v) is 2.91. The lowest BCUT2D eigenvalue weighted by molar-refractivity contribution is -0.147. The lowest BCUT2D eigenvalue weighted by atomic mass is 10.2. The number of hydrogen-bond acceptors (Lipinski definition) is 5. The minimum atomic E-state index is -0.551. The molecule has 0 saturated heterocycles. The summed E-state index contributed by atoms with van der Waals surface area (Å²) in [6.45, 7) is -0.278. The molecule has 0 fully saturated rings. The molecular weight excluding hydrogens is 463 g/mol. The third-order valence-electron chi connectivity index (χ3n) is 3.84. The number of esters is 1. The van der Waals surface area contributed by atoms with Crippen molar-refractivity contribution in [1.82, 2.24) is 0 Å². The number of halogens is 1. The number of nitrogens with zero attached hydrogens (tertiary/aromatic N) is 1. The highest BCUT2D eigenvalue weighted by Gasteiger charge is 2.25. The quantitative estimate of drug-likeness (QED) is 0.508. The monoisotopic (exact) mass is 480 g/mol. The second-order valence-electron chi connectivity index (χ2n) is 5.77. The average molecular weight is 480 g/mol. The molecule has 1 N–H and O–H groups in total. The molecule has 140 valence electrons. The minimum Gasteiger partial charge on any atom is -0.482 e. The summed E-state index contributed by atoms with van der Waals surface area (Å²) >= 11 is 2.17. The van der Waals surface area contributed by atoms with Gasteiger partial charge in [-0.3, -0.25) is 14.4 Å². The van der Waals surface area contributed by atoms with Gasteiger partial charge in [-0.2, -0.15) is 0 Å². The number of ether oxygens (including phenoxy) is 2. The average Bonchev–Trinajstić information content (AvgIpc) is 2.67. The molecule has 0 atom stereocenters. The predicted octanol–water partition coefficient (Wildman–Crippen LogP) is 2.59. The van der Waals surface area contributed by atoms with Crippen molar-refractivity contribution >= 4 is 51.7 Å². The number of anilines is 2. The normalized spacial score (nSPS) is 12.8. The Morgan fingerprint density at radius 2 is 1.89 bits per heavy atom. The van der Waals surface area contributed by atoms with Crippen molar-refractivity contribution in [3.05, 3.63) is 52.1 Å². The van der Waals surface area contributed by atoms with E-state index in [2.05, 4.69) is 27.9 Å². The van der Waals surface area contributed by atoms with Crippen molar-refractivity contribution in [2.24, 2.45) is 0 Å². The summed E-state index contributed by atoms with van der Waals surface area (Å²) in [5.41, 5.74) is 1.25. The van der Waals surface area contributed by atoms with Crippen molar-refractivity contribution in [3.8, 4) is 5.75 Å².